The van der Waals surface area contributed by atoms with Gasteiger partial charge >= 0.3 is 5.63 Å². The van der Waals surface area contributed by atoms with E-state index in [9.17, 15) is 4.79 Å². The van der Waals surface area contributed by atoms with E-state index in [1.54, 1.807) is 6.07 Å². The molecule has 0 radical (unpaired) electrons. The first-order chi connectivity index (χ1) is 12.2. The quantitative estimate of drug-likeness (QED) is 0.516. The van der Waals surface area contributed by atoms with Crippen LogP contribution >= 0.6 is 0 Å². The molecule has 4 rings (SSSR count). The number of rotatable bonds is 4. The average molecular weight is 334 g/mol. The molecule has 2 aromatic heterocycles. The van der Waals surface area contributed by atoms with E-state index in [-0.39, 0.29) is 5.89 Å². The fourth-order valence-corrected chi connectivity index (χ4v) is 3.02. The molecule has 5 nitrogen and oxygen atoms in total. The lowest BCUT2D eigenvalue weighted by molar-refractivity contribution is 0.553. The van der Waals surface area contributed by atoms with Crippen LogP contribution in [0.2, 0.25) is 0 Å². The van der Waals surface area contributed by atoms with Crippen LogP contribution in [-0.2, 0) is 0 Å². The highest BCUT2D eigenvalue weighted by Gasteiger charge is 2.15. The third kappa shape index (κ3) is 2.67. The van der Waals surface area contributed by atoms with E-state index in [1.165, 1.54) is 0 Å². The number of benzene rings is 2. The van der Waals surface area contributed by atoms with Crippen LogP contribution in [0.25, 0.3) is 33.5 Å². The van der Waals surface area contributed by atoms with Crippen LogP contribution in [0.4, 0.5) is 5.69 Å². The van der Waals surface area contributed by atoms with Gasteiger partial charge in [-0.15, -0.1) is 0 Å². The van der Waals surface area contributed by atoms with Gasteiger partial charge in [-0.05, 0) is 44.2 Å². The number of aromatic nitrogens is 1. The van der Waals surface area contributed by atoms with Gasteiger partial charge in [0.05, 0.1) is 0 Å². The number of anilines is 1. The number of nitrogens with zero attached hydrogens (tertiary/aromatic N) is 2. The van der Waals surface area contributed by atoms with E-state index in [1.807, 2.05) is 42.5 Å². The Bertz CT molecular complexity index is 1070. The van der Waals surface area contributed by atoms with Gasteiger partial charge in [-0.3, -0.25) is 0 Å². The van der Waals surface area contributed by atoms with E-state index >= 15 is 0 Å². The molecule has 25 heavy (non-hydrogen) atoms. The van der Waals surface area contributed by atoms with Gasteiger partial charge in [-0.25, -0.2) is 9.78 Å². The summed E-state index contributed by atoms with van der Waals surface area (Å²) in [6.45, 7) is 5.99. The smallest absolute Gasteiger partial charge is 0.349 e. The Morgan fingerprint density at radius 3 is 2.52 bits per heavy atom. The fourth-order valence-electron chi connectivity index (χ4n) is 3.02. The summed E-state index contributed by atoms with van der Waals surface area (Å²) in [5, 5.41) is 0.841. The van der Waals surface area contributed by atoms with Crippen molar-refractivity contribution in [2.45, 2.75) is 13.8 Å². The molecule has 2 aromatic carbocycles. The van der Waals surface area contributed by atoms with Crippen molar-refractivity contribution in [2.24, 2.45) is 0 Å². The summed E-state index contributed by atoms with van der Waals surface area (Å²) in [4.78, 5) is 19.0. The number of para-hydroxylation sites is 2. The summed E-state index contributed by atoms with van der Waals surface area (Å²) in [7, 11) is 0. The van der Waals surface area contributed by atoms with E-state index < -0.39 is 5.63 Å². The van der Waals surface area contributed by atoms with Crippen molar-refractivity contribution in [2.75, 3.05) is 18.0 Å². The van der Waals surface area contributed by atoms with Crippen molar-refractivity contribution in [1.82, 2.24) is 4.98 Å². The van der Waals surface area contributed by atoms with Crippen LogP contribution in [0.3, 0.4) is 0 Å². The van der Waals surface area contributed by atoms with E-state index in [4.69, 9.17) is 8.83 Å². The lowest BCUT2D eigenvalue weighted by Gasteiger charge is -2.20. The van der Waals surface area contributed by atoms with Crippen molar-refractivity contribution < 1.29 is 8.83 Å². The summed E-state index contributed by atoms with van der Waals surface area (Å²) in [5.41, 5.74) is 2.85. The highest BCUT2D eigenvalue weighted by molar-refractivity contribution is 5.84. The molecule has 126 valence electrons. The number of hydrogen-bond donors (Lipinski definition) is 0. The maximum atomic E-state index is 12.5. The Balaban J connectivity index is 1.84. The summed E-state index contributed by atoms with van der Waals surface area (Å²) in [5.74, 6) is 0.282. The predicted molar refractivity (Wildman–Crippen MR) is 99.0 cm³/mol. The fraction of sp³-hybridized carbons (Fsp3) is 0.200. The summed E-state index contributed by atoms with van der Waals surface area (Å²) in [6, 6.07) is 15.1. The molecule has 0 aliphatic heterocycles. The van der Waals surface area contributed by atoms with E-state index in [0.29, 0.717) is 22.2 Å². The first-order valence-corrected chi connectivity index (χ1v) is 8.38. The predicted octanol–water partition coefficient (Wildman–Crippen LogP) is 4.45. The summed E-state index contributed by atoms with van der Waals surface area (Å²) in [6.07, 6.45) is 0. The van der Waals surface area contributed by atoms with Crippen LogP contribution in [0, 0.1) is 0 Å². The van der Waals surface area contributed by atoms with E-state index in [2.05, 4.69) is 23.7 Å². The molecular formula is C20H18N2O3. The van der Waals surface area contributed by atoms with Gasteiger partial charge in [0.15, 0.2) is 5.58 Å². The molecular weight excluding hydrogens is 316 g/mol. The van der Waals surface area contributed by atoms with Crippen molar-refractivity contribution in [1.29, 1.82) is 0 Å². The summed E-state index contributed by atoms with van der Waals surface area (Å²) >= 11 is 0. The normalized spacial score (nSPS) is 11.3. The molecule has 0 aliphatic rings. The number of oxazole rings is 1. The first kappa shape index (κ1) is 15.4. The molecule has 0 fully saturated rings. The molecule has 0 bridgehead atoms. The van der Waals surface area contributed by atoms with Gasteiger partial charge in [0.25, 0.3) is 0 Å². The average Bonchev–Trinajstić information content (AvgIpc) is 3.06. The van der Waals surface area contributed by atoms with Crippen molar-refractivity contribution in [3.05, 3.63) is 59.0 Å². The zero-order valence-corrected chi connectivity index (χ0v) is 14.2. The molecule has 2 heterocycles. The van der Waals surface area contributed by atoms with Crippen molar-refractivity contribution >= 4 is 27.8 Å². The van der Waals surface area contributed by atoms with Gasteiger partial charge in [0.2, 0.25) is 5.89 Å². The Hall–Kier alpha value is -3.08. The highest BCUT2D eigenvalue weighted by Crippen LogP contribution is 2.26. The van der Waals surface area contributed by atoms with Crippen LogP contribution in [0.15, 0.2) is 62.2 Å². The maximum Gasteiger partial charge on any atom is 0.349 e. The van der Waals surface area contributed by atoms with E-state index in [0.717, 1.165) is 24.2 Å². The van der Waals surface area contributed by atoms with Crippen LogP contribution in [-0.4, -0.2) is 18.1 Å². The Labute approximate surface area is 144 Å². The van der Waals surface area contributed by atoms with Gasteiger partial charge in [-0.1, -0.05) is 12.1 Å². The Morgan fingerprint density at radius 1 is 0.960 bits per heavy atom. The van der Waals surface area contributed by atoms with Gasteiger partial charge < -0.3 is 13.7 Å². The Morgan fingerprint density at radius 2 is 1.76 bits per heavy atom. The largest absolute Gasteiger partial charge is 0.436 e. The molecule has 0 saturated carbocycles. The lowest BCUT2D eigenvalue weighted by Crippen LogP contribution is -2.21. The van der Waals surface area contributed by atoms with Crippen molar-refractivity contribution in [3.63, 3.8) is 0 Å². The third-order valence-electron chi connectivity index (χ3n) is 4.37. The lowest BCUT2D eigenvalue weighted by atomic mass is 10.1. The van der Waals surface area contributed by atoms with Crippen LogP contribution in [0.1, 0.15) is 13.8 Å². The second kappa shape index (κ2) is 6.09. The second-order valence-electron chi connectivity index (χ2n) is 5.83. The first-order valence-electron chi connectivity index (χ1n) is 8.38. The molecule has 0 amide bonds. The molecule has 0 spiro atoms. The molecule has 0 N–H and O–H groups in total. The third-order valence-corrected chi connectivity index (χ3v) is 4.37. The van der Waals surface area contributed by atoms with Gasteiger partial charge in [-0.2, -0.15) is 0 Å². The monoisotopic (exact) mass is 334 g/mol. The number of fused-ring (bicyclic) bond motifs is 2. The van der Waals surface area contributed by atoms with Crippen LogP contribution in [0.5, 0.6) is 0 Å². The molecule has 0 saturated heterocycles. The molecule has 4 aromatic rings. The minimum absolute atomic E-state index is 0.282. The van der Waals surface area contributed by atoms with Crippen LogP contribution < -0.4 is 10.5 Å². The Kier molecular flexibility index (Phi) is 3.76. The van der Waals surface area contributed by atoms with Gasteiger partial charge in [0.1, 0.15) is 16.7 Å². The zero-order chi connectivity index (χ0) is 17.4. The second-order valence-corrected chi connectivity index (χ2v) is 5.83. The zero-order valence-electron chi connectivity index (χ0n) is 14.2. The highest BCUT2D eigenvalue weighted by atomic mass is 16.4. The number of hydrogen-bond acceptors (Lipinski definition) is 5. The van der Waals surface area contributed by atoms with Crippen molar-refractivity contribution in [3.8, 4) is 11.5 Å². The molecule has 0 aliphatic carbocycles. The minimum Gasteiger partial charge on any atom is -0.436 e. The van der Waals surface area contributed by atoms with Gasteiger partial charge in [0, 0.05) is 30.2 Å². The SMILES string of the molecule is CCN(CC)c1ccc2cc(-c3nc4ccccc4o3)c(=O)oc2c1. The maximum absolute atomic E-state index is 12.5. The molecule has 0 atom stereocenters. The minimum atomic E-state index is -0.448. The molecule has 0 unspecified atom stereocenters. The standard InChI is InChI=1S/C20H18N2O3/c1-3-22(4-2)14-10-9-13-11-15(20(23)25-18(13)12-14)19-21-16-7-5-6-8-17(16)24-19/h5-12H,3-4H2,1-2H3. The summed E-state index contributed by atoms with van der Waals surface area (Å²) < 4.78 is 11.2. The topological polar surface area (TPSA) is 59.5 Å². The molecule has 5 heteroatoms.